The van der Waals surface area contributed by atoms with Crippen molar-refractivity contribution in [3.63, 3.8) is 0 Å². The molecule has 0 aromatic carbocycles. The molecular formula is C10H23NOSn. The molecule has 13 heavy (non-hydrogen) atoms. The summed E-state index contributed by atoms with van der Waals surface area (Å²) in [5.74, 6) is 0.699. The molecule has 0 aliphatic carbocycles. The van der Waals surface area contributed by atoms with Gasteiger partial charge in [0.15, 0.2) is 0 Å². The molecule has 78 valence electrons. The van der Waals surface area contributed by atoms with Gasteiger partial charge in [0.25, 0.3) is 0 Å². The van der Waals surface area contributed by atoms with E-state index in [0.29, 0.717) is 12.0 Å². The van der Waals surface area contributed by atoms with Crippen LogP contribution in [0.2, 0.25) is 4.44 Å². The number of nitrogens with two attached hydrogens (primary N) is 1. The molecule has 0 aliphatic rings. The van der Waals surface area contributed by atoms with E-state index in [1.807, 2.05) is 0 Å². The fourth-order valence-electron chi connectivity index (χ4n) is 0.961. The van der Waals surface area contributed by atoms with Crippen LogP contribution in [0.1, 0.15) is 40.0 Å². The Morgan fingerprint density at radius 1 is 1.23 bits per heavy atom. The minimum absolute atomic E-state index is 0.377. The second-order valence-corrected chi connectivity index (χ2v) is 7.15. The van der Waals surface area contributed by atoms with Crippen LogP contribution in [0.25, 0.3) is 0 Å². The molecule has 0 saturated carbocycles. The average Bonchev–Trinajstić information content (AvgIpc) is 2.01. The van der Waals surface area contributed by atoms with Gasteiger partial charge in [0, 0.05) is 0 Å². The molecule has 0 aromatic rings. The zero-order valence-electron chi connectivity index (χ0n) is 9.18. The van der Waals surface area contributed by atoms with Crippen molar-refractivity contribution in [1.29, 1.82) is 0 Å². The van der Waals surface area contributed by atoms with Crippen molar-refractivity contribution in [2.75, 3.05) is 6.61 Å². The molecule has 1 unspecified atom stereocenters. The second-order valence-electron chi connectivity index (χ2n) is 4.07. The first-order valence-corrected chi connectivity index (χ1v) is 8.41. The van der Waals surface area contributed by atoms with E-state index >= 15 is 0 Å². The summed E-state index contributed by atoms with van der Waals surface area (Å²) in [6.45, 7) is 7.46. The maximum absolute atomic E-state index is 5.66. The van der Waals surface area contributed by atoms with Crippen LogP contribution < -0.4 is 5.73 Å². The van der Waals surface area contributed by atoms with Crippen LogP contribution in [0.5, 0.6) is 0 Å². The SMILES string of the molecule is CC(C)C[O][Sn][CH2]CCCC(C)N. The van der Waals surface area contributed by atoms with Gasteiger partial charge in [-0.05, 0) is 0 Å². The monoisotopic (exact) mass is 293 g/mol. The van der Waals surface area contributed by atoms with Gasteiger partial charge in [0.1, 0.15) is 0 Å². The van der Waals surface area contributed by atoms with E-state index in [0.717, 1.165) is 6.61 Å². The first kappa shape index (κ1) is 13.7. The fraction of sp³-hybridized carbons (Fsp3) is 1.00. The van der Waals surface area contributed by atoms with Crippen molar-refractivity contribution in [3.8, 4) is 0 Å². The van der Waals surface area contributed by atoms with Crippen molar-refractivity contribution in [2.45, 2.75) is 50.5 Å². The third-order valence-electron chi connectivity index (χ3n) is 1.71. The summed E-state index contributed by atoms with van der Waals surface area (Å²) in [7, 11) is 0. The Bertz CT molecular complexity index is 95.1. The van der Waals surface area contributed by atoms with Gasteiger partial charge in [0.2, 0.25) is 0 Å². The van der Waals surface area contributed by atoms with Crippen LogP contribution in [0, 0.1) is 5.92 Å². The molecule has 0 aliphatic heterocycles. The van der Waals surface area contributed by atoms with E-state index < -0.39 is 21.6 Å². The molecule has 3 heteroatoms. The van der Waals surface area contributed by atoms with Gasteiger partial charge in [-0.3, -0.25) is 0 Å². The Hall–Kier alpha value is 0.719. The van der Waals surface area contributed by atoms with Gasteiger partial charge in [-0.15, -0.1) is 0 Å². The number of unbranched alkanes of at least 4 members (excludes halogenated alkanes) is 1. The zero-order chi connectivity index (χ0) is 10.1. The van der Waals surface area contributed by atoms with Crippen LogP contribution >= 0.6 is 0 Å². The average molecular weight is 292 g/mol. The van der Waals surface area contributed by atoms with Gasteiger partial charge in [-0.2, -0.15) is 0 Å². The van der Waals surface area contributed by atoms with Gasteiger partial charge < -0.3 is 0 Å². The predicted molar refractivity (Wildman–Crippen MR) is 58.9 cm³/mol. The summed E-state index contributed by atoms with van der Waals surface area (Å²) >= 11 is -0.471. The summed E-state index contributed by atoms with van der Waals surface area (Å²) < 4.78 is 6.99. The zero-order valence-corrected chi connectivity index (χ0v) is 12.0. The van der Waals surface area contributed by atoms with E-state index in [4.69, 9.17) is 8.81 Å². The van der Waals surface area contributed by atoms with Gasteiger partial charge in [-0.1, -0.05) is 0 Å². The van der Waals surface area contributed by atoms with Crippen LogP contribution in [0.4, 0.5) is 0 Å². The van der Waals surface area contributed by atoms with E-state index in [1.54, 1.807) is 0 Å². The topological polar surface area (TPSA) is 35.2 Å². The van der Waals surface area contributed by atoms with Gasteiger partial charge in [-0.25, -0.2) is 0 Å². The Kier molecular flexibility index (Phi) is 9.79. The van der Waals surface area contributed by atoms with Crippen LogP contribution in [-0.2, 0) is 3.07 Å². The quantitative estimate of drug-likeness (QED) is 0.550. The van der Waals surface area contributed by atoms with Gasteiger partial charge in [0.05, 0.1) is 0 Å². The molecule has 0 spiro atoms. The Balaban J connectivity index is 2.92. The Morgan fingerprint density at radius 3 is 2.46 bits per heavy atom. The summed E-state index contributed by atoms with van der Waals surface area (Å²) in [5, 5.41) is 0. The molecule has 0 amide bonds. The maximum atomic E-state index is 5.66. The van der Waals surface area contributed by atoms with E-state index in [-0.39, 0.29) is 0 Å². The predicted octanol–water partition coefficient (Wildman–Crippen LogP) is 2.21. The summed E-state index contributed by atoms with van der Waals surface area (Å²) in [6.07, 6.45) is 3.78. The standard InChI is InChI=1S/C6H14N.C4H9O.Sn/c1-3-4-5-6(2)7;1-4(2)3-5;/h6H,1,3-5,7H2,2H3;4H,3H2,1-2H3;/q;-1;+1. The first-order valence-electron chi connectivity index (χ1n) is 5.23. The van der Waals surface area contributed by atoms with E-state index in [1.165, 1.54) is 23.7 Å². The molecule has 2 radical (unpaired) electrons. The van der Waals surface area contributed by atoms with Crippen LogP contribution in [-0.4, -0.2) is 34.2 Å². The molecule has 2 nitrogen and oxygen atoms in total. The summed E-state index contributed by atoms with van der Waals surface area (Å²) in [6, 6.07) is 0.377. The van der Waals surface area contributed by atoms with Crippen molar-refractivity contribution < 1.29 is 3.07 Å². The molecule has 0 saturated heterocycles. The van der Waals surface area contributed by atoms with Crippen molar-refractivity contribution >= 4 is 21.6 Å². The Labute approximate surface area is 93.4 Å². The molecule has 0 aromatic heterocycles. The van der Waals surface area contributed by atoms with Crippen molar-refractivity contribution in [1.82, 2.24) is 0 Å². The molecule has 0 heterocycles. The molecule has 0 fully saturated rings. The van der Waals surface area contributed by atoms with E-state index in [9.17, 15) is 0 Å². The number of hydrogen-bond acceptors (Lipinski definition) is 2. The number of hydrogen-bond donors (Lipinski definition) is 1. The van der Waals surface area contributed by atoms with Crippen molar-refractivity contribution in [2.24, 2.45) is 11.7 Å². The van der Waals surface area contributed by atoms with Crippen LogP contribution in [0.15, 0.2) is 0 Å². The minimum atomic E-state index is -0.471. The summed E-state index contributed by atoms with van der Waals surface area (Å²) in [4.78, 5) is 0. The number of rotatable bonds is 8. The normalized spacial score (nSPS) is 13.6. The second kappa shape index (κ2) is 9.28. The van der Waals surface area contributed by atoms with Crippen molar-refractivity contribution in [3.05, 3.63) is 0 Å². The summed E-state index contributed by atoms with van der Waals surface area (Å²) in [5.41, 5.74) is 5.66. The first-order chi connectivity index (χ1) is 6.13. The third-order valence-corrected chi connectivity index (χ3v) is 4.36. The van der Waals surface area contributed by atoms with E-state index in [2.05, 4.69) is 20.8 Å². The third kappa shape index (κ3) is 12.7. The fourth-order valence-corrected chi connectivity index (χ4v) is 3.79. The molecule has 0 bridgehead atoms. The van der Waals surface area contributed by atoms with Crippen LogP contribution in [0.3, 0.4) is 0 Å². The Morgan fingerprint density at radius 2 is 1.92 bits per heavy atom. The van der Waals surface area contributed by atoms with Gasteiger partial charge >= 0.3 is 93.4 Å². The molecule has 0 rings (SSSR count). The molecule has 2 N–H and O–H groups in total. The molecular weight excluding hydrogens is 269 g/mol. The molecule has 1 atom stereocenters.